The molecular weight excluding hydrogens is 122 g/mol. The lowest BCUT2D eigenvalue weighted by atomic mass is 10.5. The second kappa shape index (κ2) is 2.67. The predicted molar refractivity (Wildman–Crippen MR) is 35.0 cm³/mol. The lowest BCUT2D eigenvalue weighted by Gasteiger charge is -2.04. The van der Waals surface area contributed by atoms with Crippen molar-refractivity contribution in [1.29, 1.82) is 0 Å². The third-order valence-corrected chi connectivity index (χ3v) is 1.33. The Morgan fingerprint density at radius 2 is 2.62 bits per heavy atom. The first kappa shape index (κ1) is 5.56. The summed E-state index contributed by atoms with van der Waals surface area (Å²) in [7, 11) is 1.65. The van der Waals surface area contributed by atoms with Crippen LogP contribution in [0.2, 0.25) is 0 Å². The summed E-state index contributed by atoms with van der Waals surface area (Å²) in [5, 5.41) is 1.93. The Morgan fingerprint density at radius 1 is 1.75 bits per heavy atom. The minimum absolute atomic E-state index is 0.865. The normalized spacial score (nSPS) is 16.9. The number of hydrogen-bond acceptors (Lipinski definition) is 3. The van der Waals surface area contributed by atoms with Crippen LogP contribution >= 0.6 is 11.9 Å². The molecule has 0 aromatic heterocycles. The summed E-state index contributed by atoms with van der Waals surface area (Å²) in [6.07, 6.45) is 3.71. The van der Waals surface area contributed by atoms with Gasteiger partial charge in [0.05, 0.1) is 7.11 Å². The van der Waals surface area contributed by atoms with Crippen molar-refractivity contribution in [3.63, 3.8) is 0 Å². The van der Waals surface area contributed by atoms with Crippen LogP contribution < -0.4 is 4.72 Å². The Hall–Kier alpha value is -0.570. The van der Waals surface area contributed by atoms with Crippen molar-refractivity contribution >= 4 is 11.9 Å². The van der Waals surface area contributed by atoms with Crippen LogP contribution in [0.4, 0.5) is 0 Å². The molecule has 0 amide bonds. The fourth-order valence-electron chi connectivity index (χ4n) is 0.408. The van der Waals surface area contributed by atoms with Crippen LogP contribution in [0.3, 0.4) is 0 Å². The average Bonchev–Trinajstić information content (AvgIpc) is 1.90. The van der Waals surface area contributed by atoms with Gasteiger partial charge in [0.2, 0.25) is 0 Å². The Bertz CT molecular complexity index is 130. The average molecular weight is 129 g/mol. The van der Waals surface area contributed by atoms with Crippen LogP contribution in [0.1, 0.15) is 0 Å². The monoisotopic (exact) mass is 129 g/mol. The molecule has 1 heterocycles. The largest absolute Gasteiger partial charge is 0.495 e. The van der Waals surface area contributed by atoms with E-state index < -0.39 is 0 Å². The van der Waals surface area contributed by atoms with Crippen molar-refractivity contribution in [1.82, 2.24) is 4.72 Å². The highest BCUT2D eigenvalue weighted by Gasteiger charge is 1.91. The number of rotatable bonds is 1. The highest BCUT2D eigenvalue weighted by molar-refractivity contribution is 8.00. The van der Waals surface area contributed by atoms with Crippen LogP contribution in [0.5, 0.6) is 0 Å². The van der Waals surface area contributed by atoms with E-state index in [-0.39, 0.29) is 0 Å². The molecule has 0 radical (unpaired) electrons. The smallest absolute Gasteiger partial charge is 0.135 e. The van der Waals surface area contributed by atoms with Gasteiger partial charge in [0.1, 0.15) is 5.76 Å². The van der Waals surface area contributed by atoms with Crippen LogP contribution in [-0.4, -0.2) is 7.11 Å². The molecule has 2 nitrogen and oxygen atoms in total. The second-order valence-corrected chi connectivity index (χ2v) is 2.03. The Balaban J connectivity index is 2.51. The Kier molecular flexibility index (Phi) is 1.86. The van der Waals surface area contributed by atoms with E-state index in [2.05, 4.69) is 4.72 Å². The molecule has 8 heavy (non-hydrogen) atoms. The standard InChI is InChI=1S/C5H7NOS/c1-7-5-2-3-8-6-4-5/h2-4,6H,1H3. The summed E-state index contributed by atoms with van der Waals surface area (Å²) < 4.78 is 7.82. The molecule has 44 valence electrons. The fourth-order valence-corrected chi connectivity index (χ4v) is 0.872. The molecule has 0 aromatic carbocycles. The van der Waals surface area contributed by atoms with Crippen molar-refractivity contribution in [3.8, 4) is 0 Å². The lowest BCUT2D eigenvalue weighted by Crippen LogP contribution is -1.96. The van der Waals surface area contributed by atoms with Gasteiger partial charge in [-0.15, -0.1) is 0 Å². The van der Waals surface area contributed by atoms with Crippen molar-refractivity contribution in [2.75, 3.05) is 7.11 Å². The Morgan fingerprint density at radius 3 is 3.00 bits per heavy atom. The predicted octanol–water partition coefficient (Wildman–Crippen LogP) is 1.24. The summed E-state index contributed by atoms with van der Waals surface area (Å²) >= 11 is 1.53. The van der Waals surface area contributed by atoms with Crippen LogP contribution in [-0.2, 0) is 4.74 Å². The maximum atomic E-state index is 4.89. The van der Waals surface area contributed by atoms with E-state index in [0.29, 0.717) is 0 Å². The molecule has 1 aliphatic rings. The molecule has 0 spiro atoms. The number of allylic oxidation sites excluding steroid dienone is 1. The zero-order valence-electron chi connectivity index (χ0n) is 4.55. The number of ether oxygens (including phenoxy) is 1. The van der Waals surface area contributed by atoms with E-state index in [1.165, 1.54) is 11.9 Å². The molecule has 1 aliphatic heterocycles. The first-order chi connectivity index (χ1) is 3.93. The third kappa shape index (κ3) is 1.20. The van der Waals surface area contributed by atoms with Gasteiger partial charge in [-0.2, -0.15) is 0 Å². The molecule has 0 fully saturated rings. The molecule has 0 saturated heterocycles. The SMILES string of the molecule is COC1=CNSC=C1. The molecule has 0 saturated carbocycles. The minimum atomic E-state index is 0.865. The van der Waals surface area contributed by atoms with Gasteiger partial charge in [-0.25, -0.2) is 0 Å². The minimum Gasteiger partial charge on any atom is -0.495 e. The van der Waals surface area contributed by atoms with Crippen LogP contribution in [0, 0.1) is 0 Å². The van der Waals surface area contributed by atoms with Gasteiger partial charge < -0.3 is 9.46 Å². The van der Waals surface area contributed by atoms with Crippen molar-refractivity contribution < 1.29 is 4.74 Å². The number of methoxy groups -OCH3 is 1. The molecule has 0 bridgehead atoms. The number of nitrogens with one attached hydrogen (secondary N) is 1. The quantitative estimate of drug-likeness (QED) is 0.538. The van der Waals surface area contributed by atoms with E-state index in [1.807, 2.05) is 17.7 Å². The molecule has 1 N–H and O–H groups in total. The molecule has 0 atom stereocenters. The molecule has 3 heteroatoms. The van der Waals surface area contributed by atoms with Crippen LogP contribution in [0.15, 0.2) is 23.4 Å². The van der Waals surface area contributed by atoms with Gasteiger partial charge in [-0.3, -0.25) is 0 Å². The number of hydrogen-bond donors (Lipinski definition) is 1. The summed E-state index contributed by atoms with van der Waals surface area (Å²) in [5.74, 6) is 0.865. The van der Waals surface area contributed by atoms with E-state index in [1.54, 1.807) is 7.11 Å². The van der Waals surface area contributed by atoms with E-state index >= 15 is 0 Å². The third-order valence-electron chi connectivity index (χ3n) is 0.805. The zero-order chi connectivity index (χ0) is 5.82. The summed E-state index contributed by atoms with van der Waals surface area (Å²) in [6, 6.07) is 0. The summed E-state index contributed by atoms with van der Waals surface area (Å²) in [4.78, 5) is 0. The fraction of sp³-hybridized carbons (Fsp3) is 0.200. The van der Waals surface area contributed by atoms with Gasteiger partial charge in [0.25, 0.3) is 0 Å². The summed E-state index contributed by atoms with van der Waals surface area (Å²) in [6.45, 7) is 0. The molecule has 0 aliphatic carbocycles. The topological polar surface area (TPSA) is 21.3 Å². The van der Waals surface area contributed by atoms with E-state index in [9.17, 15) is 0 Å². The van der Waals surface area contributed by atoms with Gasteiger partial charge in [0.15, 0.2) is 0 Å². The summed E-state index contributed by atoms with van der Waals surface area (Å²) in [5.41, 5.74) is 0. The highest BCUT2D eigenvalue weighted by atomic mass is 32.2. The lowest BCUT2D eigenvalue weighted by molar-refractivity contribution is 0.305. The molecule has 0 unspecified atom stereocenters. The van der Waals surface area contributed by atoms with E-state index in [4.69, 9.17) is 4.74 Å². The van der Waals surface area contributed by atoms with Crippen LogP contribution in [0.25, 0.3) is 0 Å². The first-order valence-electron chi connectivity index (χ1n) is 2.25. The zero-order valence-corrected chi connectivity index (χ0v) is 5.37. The molecular formula is C5H7NOS. The van der Waals surface area contributed by atoms with Crippen molar-refractivity contribution in [2.24, 2.45) is 0 Å². The van der Waals surface area contributed by atoms with Gasteiger partial charge >= 0.3 is 0 Å². The van der Waals surface area contributed by atoms with E-state index in [0.717, 1.165) is 5.76 Å². The van der Waals surface area contributed by atoms with Crippen molar-refractivity contribution in [3.05, 3.63) is 23.4 Å². The molecule has 1 rings (SSSR count). The Labute approximate surface area is 52.7 Å². The maximum absolute atomic E-state index is 4.89. The van der Waals surface area contributed by atoms with Gasteiger partial charge in [-0.05, 0) is 23.4 Å². The van der Waals surface area contributed by atoms with Gasteiger partial charge in [-0.1, -0.05) is 0 Å². The highest BCUT2D eigenvalue weighted by Crippen LogP contribution is 2.07. The second-order valence-electron chi connectivity index (χ2n) is 1.29. The first-order valence-corrected chi connectivity index (χ1v) is 3.13. The van der Waals surface area contributed by atoms with Crippen molar-refractivity contribution in [2.45, 2.75) is 0 Å². The maximum Gasteiger partial charge on any atom is 0.135 e. The van der Waals surface area contributed by atoms with Gasteiger partial charge in [0, 0.05) is 6.20 Å². The molecule has 0 aromatic rings.